The second kappa shape index (κ2) is 6.69. The van der Waals surface area contributed by atoms with Crippen molar-refractivity contribution in [3.63, 3.8) is 0 Å². The van der Waals surface area contributed by atoms with E-state index in [1.165, 1.54) is 5.56 Å². The number of ether oxygens (including phenoxy) is 2. The van der Waals surface area contributed by atoms with Gasteiger partial charge >= 0.3 is 0 Å². The van der Waals surface area contributed by atoms with Crippen molar-refractivity contribution in [2.24, 2.45) is 0 Å². The third-order valence-electron chi connectivity index (χ3n) is 2.87. The quantitative estimate of drug-likeness (QED) is 0.810. The number of nitrogens with zero attached hydrogens (tertiary/aromatic N) is 1. The first-order valence-electron chi connectivity index (χ1n) is 6.24. The molecule has 0 spiro atoms. The summed E-state index contributed by atoms with van der Waals surface area (Å²) < 4.78 is 11.0. The highest BCUT2D eigenvalue weighted by Gasteiger charge is 2.21. The van der Waals surface area contributed by atoms with Crippen LogP contribution in [0.2, 0.25) is 0 Å². The molecular formula is C13H20N2O2. The van der Waals surface area contributed by atoms with Gasteiger partial charge in [0.25, 0.3) is 0 Å². The lowest BCUT2D eigenvalue weighted by Gasteiger charge is -2.20. The fourth-order valence-corrected chi connectivity index (χ4v) is 2.11. The third kappa shape index (κ3) is 4.07. The molecule has 94 valence electrons. The summed E-state index contributed by atoms with van der Waals surface area (Å²) in [5, 5.41) is 3.47. The maximum atomic E-state index is 5.49. The van der Waals surface area contributed by atoms with E-state index in [2.05, 4.69) is 23.3 Å². The van der Waals surface area contributed by atoms with E-state index in [1.807, 2.05) is 12.3 Å². The van der Waals surface area contributed by atoms with Crippen LogP contribution < -0.4 is 5.32 Å². The third-order valence-corrected chi connectivity index (χ3v) is 2.87. The standard InChI is InChI=1S/C13H20N2O2/c1-2-15-12(9-13-16-6-7-17-13)8-11-4-3-5-14-10-11/h3-5,10,12-13,15H,2,6-9H2,1H3. The van der Waals surface area contributed by atoms with Gasteiger partial charge in [-0.15, -0.1) is 0 Å². The molecule has 4 nitrogen and oxygen atoms in total. The van der Waals surface area contributed by atoms with Gasteiger partial charge in [-0.05, 0) is 24.6 Å². The van der Waals surface area contributed by atoms with Crippen LogP contribution in [-0.4, -0.2) is 37.1 Å². The number of hydrogen-bond acceptors (Lipinski definition) is 4. The van der Waals surface area contributed by atoms with Gasteiger partial charge in [0.1, 0.15) is 0 Å². The summed E-state index contributed by atoms with van der Waals surface area (Å²) in [6.45, 7) is 4.51. The molecule has 1 aliphatic heterocycles. The van der Waals surface area contributed by atoms with Crippen molar-refractivity contribution in [2.75, 3.05) is 19.8 Å². The van der Waals surface area contributed by atoms with Crippen LogP contribution in [0.25, 0.3) is 0 Å². The van der Waals surface area contributed by atoms with Crippen LogP contribution in [0.1, 0.15) is 18.9 Å². The first-order chi connectivity index (χ1) is 8.38. The predicted molar refractivity (Wildman–Crippen MR) is 65.7 cm³/mol. The van der Waals surface area contributed by atoms with E-state index in [4.69, 9.17) is 9.47 Å². The summed E-state index contributed by atoms with van der Waals surface area (Å²) >= 11 is 0. The van der Waals surface area contributed by atoms with Gasteiger partial charge in [0.2, 0.25) is 0 Å². The Morgan fingerprint density at radius 3 is 2.94 bits per heavy atom. The zero-order valence-electron chi connectivity index (χ0n) is 10.3. The zero-order chi connectivity index (χ0) is 11.9. The molecule has 2 heterocycles. The van der Waals surface area contributed by atoms with Gasteiger partial charge in [-0.2, -0.15) is 0 Å². The monoisotopic (exact) mass is 236 g/mol. The van der Waals surface area contributed by atoms with Gasteiger partial charge in [-0.25, -0.2) is 0 Å². The Bertz CT molecular complexity index is 312. The maximum absolute atomic E-state index is 5.49. The highest BCUT2D eigenvalue weighted by atomic mass is 16.7. The molecule has 17 heavy (non-hydrogen) atoms. The van der Waals surface area contributed by atoms with Gasteiger partial charge in [-0.1, -0.05) is 13.0 Å². The number of pyridine rings is 1. The maximum Gasteiger partial charge on any atom is 0.159 e. The second-order valence-electron chi connectivity index (χ2n) is 4.23. The lowest BCUT2D eigenvalue weighted by Crippen LogP contribution is -2.34. The SMILES string of the molecule is CCNC(Cc1cccnc1)CC1OCCO1. The fraction of sp³-hybridized carbons (Fsp3) is 0.615. The van der Waals surface area contributed by atoms with Gasteiger partial charge in [0, 0.05) is 24.9 Å². The van der Waals surface area contributed by atoms with Crippen LogP contribution in [0.5, 0.6) is 0 Å². The molecule has 1 saturated heterocycles. The molecule has 0 amide bonds. The largest absolute Gasteiger partial charge is 0.350 e. The number of likely N-dealkylation sites (N-methyl/N-ethyl adjacent to an activating group) is 1. The van der Waals surface area contributed by atoms with Crippen molar-refractivity contribution in [3.8, 4) is 0 Å². The summed E-state index contributed by atoms with van der Waals surface area (Å²) in [7, 11) is 0. The van der Waals surface area contributed by atoms with Crippen LogP contribution in [0.3, 0.4) is 0 Å². The Hall–Kier alpha value is -0.970. The normalized spacial score (nSPS) is 18.4. The Morgan fingerprint density at radius 2 is 2.29 bits per heavy atom. The molecule has 1 unspecified atom stereocenters. The number of nitrogens with one attached hydrogen (secondary N) is 1. The van der Waals surface area contributed by atoms with E-state index in [0.29, 0.717) is 6.04 Å². The van der Waals surface area contributed by atoms with Crippen molar-refractivity contribution in [2.45, 2.75) is 32.1 Å². The molecule has 0 aliphatic carbocycles. The molecule has 1 N–H and O–H groups in total. The minimum Gasteiger partial charge on any atom is -0.350 e. The summed E-state index contributed by atoms with van der Waals surface area (Å²) in [4.78, 5) is 4.14. The highest BCUT2D eigenvalue weighted by molar-refractivity contribution is 5.10. The average Bonchev–Trinajstić information content (AvgIpc) is 2.83. The van der Waals surface area contributed by atoms with E-state index in [1.54, 1.807) is 6.20 Å². The second-order valence-corrected chi connectivity index (χ2v) is 4.23. The van der Waals surface area contributed by atoms with Gasteiger partial charge in [0.15, 0.2) is 6.29 Å². The minimum atomic E-state index is -0.0456. The smallest absolute Gasteiger partial charge is 0.159 e. The van der Waals surface area contributed by atoms with Gasteiger partial charge in [-0.3, -0.25) is 4.98 Å². The Labute approximate surface area is 102 Å². The molecule has 2 rings (SSSR count). The molecule has 0 aromatic carbocycles. The summed E-state index contributed by atoms with van der Waals surface area (Å²) in [6.07, 6.45) is 5.53. The van der Waals surface area contributed by atoms with Crippen molar-refractivity contribution in [1.82, 2.24) is 10.3 Å². The fourth-order valence-electron chi connectivity index (χ4n) is 2.11. The topological polar surface area (TPSA) is 43.4 Å². The van der Waals surface area contributed by atoms with E-state index in [0.717, 1.165) is 32.6 Å². The van der Waals surface area contributed by atoms with E-state index in [-0.39, 0.29) is 6.29 Å². The van der Waals surface area contributed by atoms with Crippen molar-refractivity contribution < 1.29 is 9.47 Å². The van der Waals surface area contributed by atoms with Crippen LogP contribution in [0, 0.1) is 0 Å². The average molecular weight is 236 g/mol. The first kappa shape index (κ1) is 12.5. The molecule has 1 aromatic rings. The molecule has 0 bridgehead atoms. The molecular weight excluding hydrogens is 216 g/mol. The van der Waals surface area contributed by atoms with Crippen molar-refractivity contribution in [3.05, 3.63) is 30.1 Å². The van der Waals surface area contributed by atoms with E-state index in [9.17, 15) is 0 Å². The molecule has 0 saturated carbocycles. The van der Waals surface area contributed by atoms with E-state index < -0.39 is 0 Å². The van der Waals surface area contributed by atoms with E-state index >= 15 is 0 Å². The number of hydrogen-bond donors (Lipinski definition) is 1. The molecule has 1 aliphatic rings. The van der Waals surface area contributed by atoms with Gasteiger partial charge in [0.05, 0.1) is 13.2 Å². The van der Waals surface area contributed by atoms with Crippen molar-refractivity contribution in [1.29, 1.82) is 0 Å². The zero-order valence-corrected chi connectivity index (χ0v) is 10.3. The van der Waals surface area contributed by atoms with Gasteiger partial charge < -0.3 is 14.8 Å². The molecule has 1 aromatic heterocycles. The lowest BCUT2D eigenvalue weighted by molar-refractivity contribution is -0.0525. The Morgan fingerprint density at radius 1 is 1.47 bits per heavy atom. The van der Waals surface area contributed by atoms with Crippen LogP contribution in [0.15, 0.2) is 24.5 Å². The van der Waals surface area contributed by atoms with Crippen LogP contribution in [-0.2, 0) is 15.9 Å². The number of rotatable bonds is 6. The number of aromatic nitrogens is 1. The first-order valence-corrected chi connectivity index (χ1v) is 6.24. The molecule has 0 radical (unpaired) electrons. The Kier molecular flexibility index (Phi) is 4.91. The summed E-state index contributed by atoms with van der Waals surface area (Å²) in [5.41, 5.74) is 1.25. The summed E-state index contributed by atoms with van der Waals surface area (Å²) in [5.74, 6) is 0. The van der Waals surface area contributed by atoms with Crippen LogP contribution >= 0.6 is 0 Å². The summed E-state index contributed by atoms with van der Waals surface area (Å²) in [6, 6.07) is 4.46. The molecule has 4 heteroatoms. The Balaban J connectivity index is 1.87. The highest BCUT2D eigenvalue weighted by Crippen LogP contribution is 2.13. The predicted octanol–water partition coefficient (Wildman–Crippen LogP) is 1.37. The lowest BCUT2D eigenvalue weighted by atomic mass is 10.0. The molecule has 1 atom stereocenters. The van der Waals surface area contributed by atoms with Crippen LogP contribution in [0.4, 0.5) is 0 Å². The van der Waals surface area contributed by atoms with Crippen molar-refractivity contribution >= 4 is 0 Å². The minimum absolute atomic E-state index is 0.0456. The molecule has 1 fully saturated rings.